The van der Waals surface area contributed by atoms with Crippen LogP contribution in [0.1, 0.15) is 24.4 Å². The van der Waals surface area contributed by atoms with E-state index in [1.165, 1.54) is 0 Å². The van der Waals surface area contributed by atoms with Crippen molar-refractivity contribution in [3.8, 4) is 5.75 Å². The second kappa shape index (κ2) is 6.72. The molecule has 1 aliphatic heterocycles. The van der Waals surface area contributed by atoms with Crippen molar-refractivity contribution in [1.29, 1.82) is 0 Å². The van der Waals surface area contributed by atoms with Crippen LogP contribution in [0, 0.1) is 0 Å². The monoisotopic (exact) mass is 277 g/mol. The van der Waals surface area contributed by atoms with Crippen LogP contribution in [0.4, 0.5) is 0 Å². The van der Waals surface area contributed by atoms with Gasteiger partial charge >= 0.3 is 0 Å². The van der Waals surface area contributed by atoms with Gasteiger partial charge in [-0.05, 0) is 37.1 Å². The molecule has 1 fully saturated rings. The molecule has 110 valence electrons. The first kappa shape index (κ1) is 14.8. The topological polar surface area (TPSA) is 67.6 Å². The Kier molecular flexibility index (Phi) is 4.98. The van der Waals surface area contributed by atoms with Gasteiger partial charge in [0.2, 0.25) is 5.91 Å². The van der Waals surface area contributed by atoms with Gasteiger partial charge in [0.25, 0.3) is 0 Å². The molecule has 5 heteroatoms. The van der Waals surface area contributed by atoms with E-state index in [-0.39, 0.29) is 18.0 Å². The van der Waals surface area contributed by atoms with Crippen LogP contribution in [0.3, 0.4) is 0 Å². The molecule has 0 aromatic heterocycles. The predicted molar refractivity (Wildman–Crippen MR) is 78.6 cm³/mol. The van der Waals surface area contributed by atoms with Gasteiger partial charge in [-0.15, -0.1) is 0 Å². The minimum Gasteiger partial charge on any atom is -0.497 e. The first-order valence-corrected chi connectivity index (χ1v) is 7.02. The zero-order valence-corrected chi connectivity index (χ0v) is 12.1. The van der Waals surface area contributed by atoms with Crippen LogP contribution >= 0.6 is 0 Å². The SMILES string of the molecule is CNC(=O)C1CCCN1C(CN)c1cccc(OC)c1. The highest BCUT2D eigenvalue weighted by Crippen LogP contribution is 2.30. The number of ether oxygens (including phenoxy) is 1. The zero-order chi connectivity index (χ0) is 14.5. The van der Waals surface area contributed by atoms with Gasteiger partial charge in [-0.1, -0.05) is 12.1 Å². The summed E-state index contributed by atoms with van der Waals surface area (Å²) in [6.07, 6.45) is 1.92. The largest absolute Gasteiger partial charge is 0.497 e. The van der Waals surface area contributed by atoms with Crippen molar-refractivity contribution in [2.45, 2.75) is 24.9 Å². The predicted octanol–water partition coefficient (Wildman–Crippen LogP) is 0.905. The average Bonchev–Trinajstić information content (AvgIpc) is 2.97. The molecule has 2 rings (SSSR count). The molecule has 5 nitrogen and oxygen atoms in total. The number of hydrogen-bond donors (Lipinski definition) is 2. The Bertz CT molecular complexity index is 464. The lowest BCUT2D eigenvalue weighted by Gasteiger charge is -2.31. The number of amides is 1. The Morgan fingerprint density at radius 3 is 3.05 bits per heavy atom. The number of nitrogens with two attached hydrogens (primary N) is 1. The van der Waals surface area contributed by atoms with Gasteiger partial charge in [0.1, 0.15) is 5.75 Å². The van der Waals surface area contributed by atoms with E-state index in [1.54, 1.807) is 14.2 Å². The van der Waals surface area contributed by atoms with E-state index in [2.05, 4.69) is 10.2 Å². The average molecular weight is 277 g/mol. The highest BCUT2D eigenvalue weighted by molar-refractivity contribution is 5.81. The minimum atomic E-state index is -0.0836. The smallest absolute Gasteiger partial charge is 0.237 e. The van der Waals surface area contributed by atoms with Gasteiger partial charge in [0.05, 0.1) is 13.2 Å². The third-order valence-electron chi connectivity index (χ3n) is 3.95. The minimum absolute atomic E-state index is 0.0508. The number of nitrogens with zero attached hydrogens (tertiary/aromatic N) is 1. The number of carbonyl (C=O) groups excluding carboxylic acids is 1. The van der Waals surface area contributed by atoms with Gasteiger partial charge in [-0.25, -0.2) is 0 Å². The number of likely N-dealkylation sites (N-methyl/N-ethyl adjacent to an activating group) is 1. The molecule has 0 aliphatic carbocycles. The molecule has 1 heterocycles. The normalized spacial score (nSPS) is 20.6. The van der Waals surface area contributed by atoms with Crippen LogP contribution in [-0.4, -0.2) is 44.1 Å². The quantitative estimate of drug-likeness (QED) is 0.839. The summed E-state index contributed by atoms with van der Waals surface area (Å²) in [6.45, 7) is 1.39. The molecule has 1 aliphatic rings. The lowest BCUT2D eigenvalue weighted by atomic mass is 10.0. The molecule has 0 radical (unpaired) electrons. The number of rotatable bonds is 5. The van der Waals surface area contributed by atoms with E-state index in [9.17, 15) is 4.79 Å². The van der Waals surface area contributed by atoms with Gasteiger partial charge in [-0.3, -0.25) is 9.69 Å². The van der Waals surface area contributed by atoms with Crippen molar-refractivity contribution in [2.24, 2.45) is 5.73 Å². The number of nitrogens with one attached hydrogen (secondary N) is 1. The van der Waals surface area contributed by atoms with E-state index >= 15 is 0 Å². The molecular formula is C15H23N3O2. The van der Waals surface area contributed by atoms with E-state index in [1.807, 2.05) is 24.3 Å². The summed E-state index contributed by atoms with van der Waals surface area (Å²) in [5.41, 5.74) is 7.07. The maximum absolute atomic E-state index is 12.0. The summed E-state index contributed by atoms with van der Waals surface area (Å²) in [5.74, 6) is 0.889. The standard InChI is InChI=1S/C15H23N3O2/c1-17-15(19)13-7-4-8-18(13)14(10-16)11-5-3-6-12(9-11)20-2/h3,5-6,9,13-14H,4,7-8,10,16H2,1-2H3,(H,17,19). The molecule has 20 heavy (non-hydrogen) atoms. The number of hydrogen-bond acceptors (Lipinski definition) is 4. The van der Waals surface area contributed by atoms with Crippen molar-refractivity contribution < 1.29 is 9.53 Å². The van der Waals surface area contributed by atoms with E-state index in [0.717, 1.165) is 30.7 Å². The number of benzene rings is 1. The molecule has 0 spiro atoms. The molecule has 1 saturated heterocycles. The highest BCUT2D eigenvalue weighted by Gasteiger charge is 2.35. The fourth-order valence-electron chi connectivity index (χ4n) is 2.92. The summed E-state index contributed by atoms with van der Waals surface area (Å²) in [7, 11) is 3.33. The van der Waals surface area contributed by atoms with Crippen LogP contribution in [0.15, 0.2) is 24.3 Å². The molecule has 0 bridgehead atoms. The third-order valence-corrected chi connectivity index (χ3v) is 3.95. The van der Waals surface area contributed by atoms with Crippen LogP contribution in [0.2, 0.25) is 0 Å². The van der Waals surface area contributed by atoms with Crippen LogP contribution in [-0.2, 0) is 4.79 Å². The highest BCUT2D eigenvalue weighted by atomic mass is 16.5. The van der Waals surface area contributed by atoms with E-state index in [0.29, 0.717) is 6.54 Å². The molecule has 3 N–H and O–H groups in total. The van der Waals surface area contributed by atoms with Crippen molar-refractivity contribution >= 4 is 5.91 Å². The summed E-state index contributed by atoms with van der Waals surface area (Å²) in [4.78, 5) is 14.2. The Labute approximate surface area is 120 Å². The van der Waals surface area contributed by atoms with Gasteiger partial charge in [0, 0.05) is 19.6 Å². The van der Waals surface area contributed by atoms with Gasteiger partial charge < -0.3 is 15.8 Å². The third kappa shape index (κ3) is 2.94. The summed E-state index contributed by atoms with van der Waals surface area (Å²) in [5, 5.41) is 2.74. The molecule has 1 amide bonds. The summed E-state index contributed by atoms with van der Waals surface area (Å²) < 4.78 is 5.27. The van der Waals surface area contributed by atoms with Crippen molar-refractivity contribution in [2.75, 3.05) is 27.2 Å². The van der Waals surface area contributed by atoms with Gasteiger partial charge in [0.15, 0.2) is 0 Å². The maximum atomic E-state index is 12.0. The molecule has 2 unspecified atom stereocenters. The van der Waals surface area contributed by atoms with Crippen molar-refractivity contribution in [3.05, 3.63) is 29.8 Å². The second-order valence-corrected chi connectivity index (χ2v) is 5.04. The number of likely N-dealkylation sites (tertiary alicyclic amines) is 1. The number of methoxy groups -OCH3 is 1. The number of carbonyl (C=O) groups is 1. The van der Waals surface area contributed by atoms with Crippen LogP contribution < -0.4 is 15.8 Å². The molecule has 2 atom stereocenters. The van der Waals surface area contributed by atoms with Crippen molar-refractivity contribution in [1.82, 2.24) is 10.2 Å². The first-order valence-electron chi connectivity index (χ1n) is 7.02. The molecule has 0 saturated carbocycles. The van der Waals surface area contributed by atoms with Gasteiger partial charge in [-0.2, -0.15) is 0 Å². The zero-order valence-electron chi connectivity index (χ0n) is 12.1. The lowest BCUT2D eigenvalue weighted by molar-refractivity contribution is -0.125. The molecule has 1 aromatic carbocycles. The first-order chi connectivity index (χ1) is 9.71. The Hall–Kier alpha value is -1.59. The van der Waals surface area contributed by atoms with Crippen LogP contribution in [0.5, 0.6) is 5.75 Å². The lowest BCUT2D eigenvalue weighted by Crippen LogP contribution is -2.45. The maximum Gasteiger partial charge on any atom is 0.237 e. The molecule has 1 aromatic rings. The fourth-order valence-corrected chi connectivity index (χ4v) is 2.92. The summed E-state index contributed by atoms with van der Waals surface area (Å²) in [6, 6.07) is 7.88. The van der Waals surface area contributed by atoms with Crippen LogP contribution in [0.25, 0.3) is 0 Å². The van der Waals surface area contributed by atoms with E-state index in [4.69, 9.17) is 10.5 Å². The Balaban J connectivity index is 2.24. The van der Waals surface area contributed by atoms with E-state index < -0.39 is 0 Å². The Morgan fingerprint density at radius 2 is 2.40 bits per heavy atom. The fraction of sp³-hybridized carbons (Fsp3) is 0.533. The van der Waals surface area contributed by atoms with Crippen molar-refractivity contribution in [3.63, 3.8) is 0 Å². The summed E-state index contributed by atoms with van der Waals surface area (Å²) >= 11 is 0. The molecular weight excluding hydrogens is 254 g/mol. The second-order valence-electron chi connectivity index (χ2n) is 5.04. The Morgan fingerprint density at radius 1 is 1.60 bits per heavy atom.